The Kier molecular flexibility index (Phi) is 7.28. The number of amides is 1. The highest BCUT2D eigenvalue weighted by molar-refractivity contribution is 7.89. The van der Waals surface area contributed by atoms with E-state index in [0.717, 1.165) is 0 Å². The fourth-order valence-electron chi connectivity index (χ4n) is 2.37. The third-order valence-corrected chi connectivity index (χ3v) is 6.66. The molecule has 0 aliphatic rings. The highest BCUT2D eigenvalue weighted by Gasteiger charge is 2.23. The van der Waals surface area contributed by atoms with Gasteiger partial charge in [0.2, 0.25) is 10.0 Å². The number of hydrogen-bond donors (Lipinski definition) is 1. The molecule has 0 saturated carbocycles. The van der Waals surface area contributed by atoms with E-state index in [1.807, 2.05) is 6.07 Å². The molecule has 1 N–H and O–H groups in total. The average Bonchev–Trinajstić information content (AvgIpc) is 3.14. The Balaban J connectivity index is 2.05. The minimum Gasteiger partial charge on any atom is -0.452 e. The molecule has 0 spiro atoms. The summed E-state index contributed by atoms with van der Waals surface area (Å²) in [6.45, 7) is 3.50. The van der Waals surface area contributed by atoms with Crippen molar-refractivity contribution in [3.05, 3.63) is 46.8 Å². The quantitative estimate of drug-likeness (QED) is 0.655. The first-order valence-electron chi connectivity index (χ1n) is 8.38. The van der Waals surface area contributed by atoms with E-state index in [1.165, 1.54) is 39.9 Å². The van der Waals surface area contributed by atoms with Crippen LogP contribution >= 0.6 is 11.3 Å². The van der Waals surface area contributed by atoms with Gasteiger partial charge in [-0.2, -0.15) is 9.57 Å². The molecule has 0 unspecified atom stereocenters. The van der Waals surface area contributed by atoms with E-state index >= 15 is 0 Å². The third-order valence-electron chi connectivity index (χ3n) is 3.79. The molecule has 0 atom stereocenters. The van der Waals surface area contributed by atoms with Crippen molar-refractivity contribution in [3.8, 4) is 6.07 Å². The van der Waals surface area contributed by atoms with Gasteiger partial charge in [0.15, 0.2) is 6.61 Å². The van der Waals surface area contributed by atoms with Gasteiger partial charge in [-0.05, 0) is 29.6 Å². The molecule has 0 saturated heterocycles. The maximum Gasteiger partial charge on any atom is 0.338 e. The molecule has 1 heterocycles. The lowest BCUT2D eigenvalue weighted by atomic mass is 10.2. The maximum atomic E-state index is 12.6. The van der Waals surface area contributed by atoms with Crippen LogP contribution in [-0.4, -0.2) is 44.3 Å². The molecule has 1 amide bonds. The van der Waals surface area contributed by atoms with Gasteiger partial charge in [-0.3, -0.25) is 4.79 Å². The van der Waals surface area contributed by atoms with Crippen LogP contribution in [0.3, 0.4) is 0 Å². The van der Waals surface area contributed by atoms with Crippen molar-refractivity contribution in [2.45, 2.75) is 18.7 Å². The first-order valence-corrected chi connectivity index (χ1v) is 10.7. The van der Waals surface area contributed by atoms with E-state index in [9.17, 15) is 18.0 Å². The van der Waals surface area contributed by atoms with E-state index in [-0.39, 0.29) is 10.5 Å². The fraction of sp³-hybridized carbons (Fsp3) is 0.278. The molecule has 0 aliphatic carbocycles. The molecule has 8 nitrogen and oxygen atoms in total. The van der Waals surface area contributed by atoms with Crippen molar-refractivity contribution in [2.24, 2.45) is 0 Å². The molecule has 1 aromatic heterocycles. The standard InChI is InChI=1S/C18H19N3O5S2/c1-3-21(4-2)28(24,25)15-7-5-6-13(10-15)18(23)26-12-16(22)20-17-14(11-19)8-9-27-17/h5-10H,3-4,12H2,1-2H3,(H,20,22). The van der Waals surface area contributed by atoms with E-state index in [1.54, 1.807) is 25.3 Å². The Hall–Kier alpha value is -2.74. The van der Waals surface area contributed by atoms with Crippen molar-refractivity contribution < 1.29 is 22.7 Å². The highest BCUT2D eigenvalue weighted by atomic mass is 32.2. The predicted octanol–water partition coefficient (Wildman–Crippen LogP) is 2.45. The summed E-state index contributed by atoms with van der Waals surface area (Å²) in [4.78, 5) is 24.1. The van der Waals surface area contributed by atoms with Gasteiger partial charge in [-0.1, -0.05) is 19.9 Å². The van der Waals surface area contributed by atoms with Crippen LogP contribution in [0.5, 0.6) is 0 Å². The number of nitrogens with one attached hydrogen (secondary N) is 1. The normalized spacial score (nSPS) is 11.1. The zero-order valence-corrected chi connectivity index (χ0v) is 17.0. The Morgan fingerprint density at radius 1 is 1.25 bits per heavy atom. The molecule has 148 valence electrons. The molecule has 0 fully saturated rings. The van der Waals surface area contributed by atoms with Crippen molar-refractivity contribution in [2.75, 3.05) is 25.0 Å². The number of ether oxygens (including phenoxy) is 1. The summed E-state index contributed by atoms with van der Waals surface area (Å²) >= 11 is 1.18. The van der Waals surface area contributed by atoms with Crippen molar-refractivity contribution in [3.63, 3.8) is 0 Å². The number of anilines is 1. The minimum absolute atomic E-state index is 0.0210. The average molecular weight is 422 g/mol. The number of nitriles is 1. The lowest BCUT2D eigenvalue weighted by Crippen LogP contribution is -2.30. The number of benzene rings is 1. The van der Waals surface area contributed by atoms with Gasteiger partial charge in [-0.15, -0.1) is 11.3 Å². The monoisotopic (exact) mass is 421 g/mol. The van der Waals surface area contributed by atoms with Crippen molar-refractivity contribution >= 4 is 38.2 Å². The molecular formula is C18H19N3O5S2. The lowest BCUT2D eigenvalue weighted by molar-refractivity contribution is -0.119. The Morgan fingerprint density at radius 3 is 2.61 bits per heavy atom. The summed E-state index contributed by atoms with van der Waals surface area (Å²) in [5.41, 5.74) is 0.342. The van der Waals surface area contributed by atoms with Crippen molar-refractivity contribution in [1.82, 2.24) is 4.31 Å². The van der Waals surface area contributed by atoms with Crippen LogP contribution < -0.4 is 5.32 Å². The minimum atomic E-state index is -3.71. The number of thiophene rings is 1. The summed E-state index contributed by atoms with van der Waals surface area (Å²) < 4.78 is 31.3. The van der Waals surface area contributed by atoms with Gasteiger partial charge in [0.25, 0.3) is 5.91 Å². The first kappa shape index (κ1) is 21.6. The van der Waals surface area contributed by atoms with E-state index in [2.05, 4.69) is 5.32 Å². The van der Waals surface area contributed by atoms with Crippen LogP contribution in [0.15, 0.2) is 40.6 Å². The van der Waals surface area contributed by atoms with Crippen molar-refractivity contribution in [1.29, 1.82) is 5.26 Å². The summed E-state index contributed by atoms with van der Waals surface area (Å²) in [5.74, 6) is -1.42. The number of nitrogens with zero attached hydrogens (tertiary/aromatic N) is 2. The number of rotatable bonds is 8. The number of carbonyl (C=O) groups is 2. The SMILES string of the molecule is CCN(CC)S(=O)(=O)c1cccc(C(=O)OCC(=O)Nc2sccc2C#N)c1. The van der Waals surface area contributed by atoms with E-state index in [4.69, 9.17) is 10.00 Å². The molecule has 0 bridgehead atoms. The molecule has 10 heteroatoms. The highest BCUT2D eigenvalue weighted by Crippen LogP contribution is 2.22. The second kappa shape index (κ2) is 9.45. The van der Waals surface area contributed by atoms with Gasteiger partial charge >= 0.3 is 5.97 Å². The number of carbonyl (C=O) groups excluding carboxylic acids is 2. The second-order valence-electron chi connectivity index (χ2n) is 5.52. The van der Waals surface area contributed by atoms with E-state index in [0.29, 0.717) is 23.7 Å². The molecule has 0 aliphatic heterocycles. The summed E-state index contributed by atoms with van der Waals surface area (Å²) in [5, 5.41) is 13.4. The van der Waals surface area contributed by atoms with Crippen LogP contribution in [0.1, 0.15) is 29.8 Å². The fourth-order valence-corrected chi connectivity index (χ4v) is 4.63. The predicted molar refractivity (Wildman–Crippen MR) is 104 cm³/mol. The van der Waals surface area contributed by atoms with Gasteiger partial charge < -0.3 is 10.1 Å². The lowest BCUT2D eigenvalue weighted by Gasteiger charge is -2.18. The van der Waals surface area contributed by atoms with E-state index < -0.39 is 28.5 Å². The second-order valence-corrected chi connectivity index (χ2v) is 8.37. The third kappa shape index (κ3) is 4.95. The molecule has 1 aromatic carbocycles. The zero-order chi connectivity index (χ0) is 20.7. The van der Waals surface area contributed by atoms with Gasteiger partial charge in [0, 0.05) is 13.1 Å². The summed E-state index contributed by atoms with van der Waals surface area (Å²) in [6, 6.07) is 8.98. The smallest absolute Gasteiger partial charge is 0.338 e. The van der Waals surface area contributed by atoms with Crippen LogP contribution in [-0.2, 0) is 19.6 Å². The van der Waals surface area contributed by atoms with Gasteiger partial charge in [0.05, 0.1) is 16.0 Å². The number of hydrogen-bond acceptors (Lipinski definition) is 7. The molecule has 2 rings (SSSR count). The molecule has 28 heavy (non-hydrogen) atoms. The molecule has 2 aromatic rings. The van der Waals surface area contributed by atoms with Gasteiger partial charge in [0.1, 0.15) is 11.1 Å². The zero-order valence-electron chi connectivity index (χ0n) is 15.3. The van der Waals surface area contributed by atoms with Gasteiger partial charge in [-0.25, -0.2) is 13.2 Å². The molecular weight excluding hydrogens is 402 g/mol. The maximum absolute atomic E-state index is 12.6. The Labute approximate surface area is 167 Å². The number of esters is 1. The van der Waals surface area contributed by atoms with Crippen LogP contribution in [0.2, 0.25) is 0 Å². The topological polar surface area (TPSA) is 117 Å². The summed E-state index contributed by atoms with van der Waals surface area (Å²) in [7, 11) is -3.71. The molecule has 0 radical (unpaired) electrons. The van der Waals surface area contributed by atoms with Crippen LogP contribution in [0, 0.1) is 11.3 Å². The number of sulfonamides is 1. The first-order chi connectivity index (χ1) is 13.3. The summed E-state index contributed by atoms with van der Waals surface area (Å²) in [6.07, 6.45) is 0. The Bertz CT molecular complexity index is 1000. The van der Waals surface area contributed by atoms with Crippen LogP contribution in [0.25, 0.3) is 0 Å². The largest absolute Gasteiger partial charge is 0.452 e. The van der Waals surface area contributed by atoms with Crippen LogP contribution in [0.4, 0.5) is 5.00 Å². The Morgan fingerprint density at radius 2 is 1.96 bits per heavy atom.